The van der Waals surface area contributed by atoms with E-state index in [4.69, 9.17) is 21.1 Å². The summed E-state index contributed by atoms with van der Waals surface area (Å²) in [7, 11) is 0. The Kier molecular flexibility index (Phi) is 8.12. The lowest BCUT2D eigenvalue weighted by atomic mass is 10.1. The highest BCUT2D eigenvalue weighted by atomic mass is 35.5. The topological polar surface area (TPSA) is 30.5 Å². The van der Waals surface area contributed by atoms with Crippen molar-refractivity contribution in [1.29, 1.82) is 0 Å². The van der Waals surface area contributed by atoms with E-state index in [0.717, 1.165) is 29.7 Å². The molecule has 158 valence electrons. The molecule has 0 aromatic heterocycles. The second-order valence-electron chi connectivity index (χ2n) is 7.17. The first-order valence-corrected chi connectivity index (χ1v) is 10.5. The minimum absolute atomic E-state index is 0.213. The second-order valence-corrected chi connectivity index (χ2v) is 7.58. The highest BCUT2D eigenvalue weighted by Crippen LogP contribution is 2.37. The van der Waals surface area contributed by atoms with E-state index in [1.54, 1.807) is 12.1 Å². The van der Waals surface area contributed by atoms with Crippen molar-refractivity contribution in [1.82, 2.24) is 5.32 Å². The summed E-state index contributed by atoms with van der Waals surface area (Å²) in [6.07, 6.45) is 0.823. The molecule has 0 heterocycles. The molecule has 0 atom stereocenters. The van der Waals surface area contributed by atoms with Crippen molar-refractivity contribution < 1.29 is 13.9 Å². The first kappa shape index (κ1) is 22.1. The van der Waals surface area contributed by atoms with E-state index >= 15 is 0 Å². The number of nitrogens with one attached hydrogen (secondary N) is 1. The summed E-state index contributed by atoms with van der Waals surface area (Å²) in [5, 5.41) is 3.93. The maximum atomic E-state index is 13.0. The molecule has 0 unspecified atom stereocenters. The lowest BCUT2D eigenvalue weighted by Crippen LogP contribution is -2.17. The van der Waals surface area contributed by atoms with Crippen molar-refractivity contribution in [2.24, 2.45) is 0 Å². The molecule has 0 aliphatic heterocycles. The van der Waals surface area contributed by atoms with Crippen molar-refractivity contribution in [3.8, 4) is 11.5 Å². The van der Waals surface area contributed by atoms with Gasteiger partial charge in [0.2, 0.25) is 0 Å². The van der Waals surface area contributed by atoms with E-state index < -0.39 is 0 Å². The van der Waals surface area contributed by atoms with Gasteiger partial charge >= 0.3 is 0 Å². The van der Waals surface area contributed by atoms with Gasteiger partial charge in [0, 0.05) is 6.54 Å². The van der Waals surface area contributed by atoms with Crippen LogP contribution in [0.3, 0.4) is 0 Å². The lowest BCUT2D eigenvalue weighted by molar-refractivity contribution is 0.269. The predicted molar refractivity (Wildman–Crippen MR) is 120 cm³/mol. The number of ether oxygens (including phenoxy) is 2. The molecular formula is C25H27ClFNO2. The standard InChI is InChI=1S/C25H27ClFNO2/c1-3-29-24-15-21(16-28-12-11-19-7-9-22(27)10-8-19)14-23(26)25(24)30-17-20-6-4-5-18(2)13-20/h4-10,13-15,28H,3,11-12,16-17H2,1-2H3. The van der Waals surface area contributed by atoms with Crippen LogP contribution in [0.15, 0.2) is 60.7 Å². The van der Waals surface area contributed by atoms with Crippen LogP contribution in [0, 0.1) is 12.7 Å². The molecule has 0 radical (unpaired) electrons. The van der Waals surface area contributed by atoms with E-state index in [0.29, 0.717) is 36.3 Å². The Labute approximate surface area is 182 Å². The van der Waals surface area contributed by atoms with E-state index in [1.807, 2.05) is 31.2 Å². The van der Waals surface area contributed by atoms with Crippen molar-refractivity contribution in [2.45, 2.75) is 33.4 Å². The zero-order valence-corrected chi connectivity index (χ0v) is 18.1. The van der Waals surface area contributed by atoms with Gasteiger partial charge in [-0.25, -0.2) is 4.39 Å². The Bertz CT molecular complexity index is 960. The second kappa shape index (κ2) is 11.0. The number of halogens is 2. The molecule has 3 aromatic carbocycles. The van der Waals surface area contributed by atoms with Crippen LogP contribution in [0.2, 0.25) is 5.02 Å². The molecule has 3 rings (SSSR count). The van der Waals surface area contributed by atoms with Gasteiger partial charge in [0.15, 0.2) is 11.5 Å². The number of benzene rings is 3. The van der Waals surface area contributed by atoms with Crippen LogP contribution < -0.4 is 14.8 Å². The monoisotopic (exact) mass is 427 g/mol. The fourth-order valence-corrected chi connectivity index (χ4v) is 3.49. The Balaban J connectivity index is 1.61. The molecule has 0 aliphatic carbocycles. The van der Waals surface area contributed by atoms with Crippen LogP contribution in [0.4, 0.5) is 4.39 Å². The first-order valence-electron chi connectivity index (χ1n) is 10.1. The molecule has 5 heteroatoms. The quantitative estimate of drug-likeness (QED) is 0.397. The number of aryl methyl sites for hydroxylation is 1. The molecule has 1 N–H and O–H groups in total. The molecule has 0 amide bonds. The van der Waals surface area contributed by atoms with E-state index in [-0.39, 0.29) is 5.82 Å². The van der Waals surface area contributed by atoms with Crippen molar-refractivity contribution in [3.63, 3.8) is 0 Å². The van der Waals surface area contributed by atoms with Gasteiger partial charge in [0.25, 0.3) is 0 Å². The third-order valence-electron chi connectivity index (χ3n) is 4.67. The summed E-state index contributed by atoms with van der Waals surface area (Å²) in [4.78, 5) is 0. The number of rotatable bonds is 10. The number of hydrogen-bond acceptors (Lipinski definition) is 3. The summed E-state index contributed by atoms with van der Waals surface area (Å²) in [5.41, 5.74) is 4.39. The highest BCUT2D eigenvalue weighted by Gasteiger charge is 2.13. The maximum Gasteiger partial charge on any atom is 0.180 e. The van der Waals surface area contributed by atoms with Crippen LogP contribution in [0.1, 0.15) is 29.2 Å². The molecule has 0 saturated heterocycles. The van der Waals surface area contributed by atoms with Crippen LogP contribution in [0.5, 0.6) is 11.5 Å². The molecular weight excluding hydrogens is 401 g/mol. The average Bonchev–Trinajstić information content (AvgIpc) is 2.72. The van der Waals surface area contributed by atoms with Gasteiger partial charge in [0.05, 0.1) is 11.6 Å². The fraction of sp³-hybridized carbons (Fsp3) is 0.280. The number of hydrogen-bond donors (Lipinski definition) is 1. The van der Waals surface area contributed by atoms with Crippen LogP contribution in [-0.2, 0) is 19.6 Å². The predicted octanol–water partition coefficient (Wildman–Crippen LogP) is 6.10. The molecule has 3 aromatic rings. The summed E-state index contributed by atoms with van der Waals surface area (Å²) < 4.78 is 24.8. The molecule has 0 fully saturated rings. The van der Waals surface area contributed by atoms with Crippen molar-refractivity contribution in [2.75, 3.05) is 13.2 Å². The molecule has 30 heavy (non-hydrogen) atoms. The Morgan fingerprint density at radius 1 is 0.933 bits per heavy atom. The molecule has 3 nitrogen and oxygen atoms in total. The lowest BCUT2D eigenvalue weighted by Gasteiger charge is -2.16. The van der Waals surface area contributed by atoms with Gasteiger partial charge in [-0.1, -0.05) is 53.6 Å². The zero-order valence-electron chi connectivity index (χ0n) is 17.4. The Morgan fingerprint density at radius 2 is 1.73 bits per heavy atom. The van der Waals surface area contributed by atoms with Crippen LogP contribution >= 0.6 is 11.6 Å². The smallest absolute Gasteiger partial charge is 0.180 e. The van der Waals surface area contributed by atoms with E-state index in [9.17, 15) is 4.39 Å². The zero-order chi connectivity index (χ0) is 21.3. The average molecular weight is 428 g/mol. The Hall–Kier alpha value is -2.56. The minimum atomic E-state index is -0.213. The normalized spacial score (nSPS) is 10.8. The molecule has 0 bridgehead atoms. The summed E-state index contributed by atoms with van der Waals surface area (Å²) in [6, 6.07) is 18.6. The van der Waals surface area contributed by atoms with Crippen LogP contribution in [-0.4, -0.2) is 13.2 Å². The summed E-state index contributed by atoms with van der Waals surface area (Å²) in [5.74, 6) is 0.998. The third kappa shape index (κ3) is 6.48. The van der Waals surface area contributed by atoms with Gasteiger partial charge < -0.3 is 14.8 Å². The molecule has 0 aliphatic rings. The highest BCUT2D eigenvalue weighted by molar-refractivity contribution is 6.32. The molecule has 0 saturated carbocycles. The Morgan fingerprint density at radius 3 is 2.47 bits per heavy atom. The summed E-state index contributed by atoms with van der Waals surface area (Å²) >= 11 is 6.52. The largest absolute Gasteiger partial charge is 0.490 e. The van der Waals surface area contributed by atoms with Crippen molar-refractivity contribution >= 4 is 11.6 Å². The fourth-order valence-electron chi connectivity index (χ4n) is 3.20. The first-order chi connectivity index (χ1) is 14.5. The van der Waals surface area contributed by atoms with Gasteiger partial charge in [-0.05, 0) is 67.8 Å². The SMILES string of the molecule is CCOc1cc(CNCCc2ccc(F)cc2)cc(Cl)c1OCc1cccc(C)c1. The molecule has 0 spiro atoms. The summed E-state index contributed by atoms with van der Waals surface area (Å²) in [6.45, 7) is 6.37. The van der Waals surface area contributed by atoms with Gasteiger partial charge in [-0.3, -0.25) is 0 Å². The van der Waals surface area contributed by atoms with Gasteiger partial charge in [0.1, 0.15) is 12.4 Å². The van der Waals surface area contributed by atoms with Gasteiger partial charge in [-0.15, -0.1) is 0 Å². The van der Waals surface area contributed by atoms with Crippen molar-refractivity contribution in [3.05, 3.63) is 93.8 Å². The van der Waals surface area contributed by atoms with E-state index in [1.165, 1.54) is 17.7 Å². The maximum absolute atomic E-state index is 13.0. The third-order valence-corrected chi connectivity index (χ3v) is 4.95. The van der Waals surface area contributed by atoms with Gasteiger partial charge in [-0.2, -0.15) is 0 Å². The van der Waals surface area contributed by atoms with Crippen LogP contribution in [0.25, 0.3) is 0 Å². The minimum Gasteiger partial charge on any atom is -0.490 e. The van der Waals surface area contributed by atoms with E-state index in [2.05, 4.69) is 24.4 Å².